The third-order valence-electron chi connectivity index (χ3n) is 4.55. The maximum atomic E-state index is 13.4. The number of hydrogen-bond acceptors (Lipinski definition) is 3. The van der Waals surface area contributed by atoms with Crippen molar-refractivity contribution in [1.29, 1.82) is 0 Å². The molecular formula is C23H19FN4. The van der Waals surface area contributed by atoms with Crippen LogP contribution in [-0.4, -0.2) is 20.0 Å². The van der Waals surface area contributed by atoms with Crippen LogP contribution in [0.2, 0.25) is 0 Å². The quantitative estimate of drug-likeness (QED) is 0.500. The summed E-state index contributed by atoms with van der Waals surface area (Å²) in [4.78, 5) is 0. The van der Waals surface area contributed by atoms with E-state index in [0.29, 0.717) is 0 Å². The number of rotatable bonds is 5. The highest BCUT2D eigenvalue weighted by Gasteiger charge is 2.18. The zero-order chi connectivity index (χ0) is 19.3. The van der Waals surface area contributed by atoms with Crippen LogP contribution in [0.1, 0.15) is 11.3 Å². The highest BCUT2D eigenvalue weighted by molar-refractivity contribution is 5.86. The van der Waals surface area contributed by atoms with Crippen molar-refractivity contribution in [3.63, 3.8) is 0 Å². The van der Waals surface area contributed by atoms with Crippen molar-refractivity contribution in [3.8, 4) is 22.4 Å². The minimum Gasteiger partial charge on any atom is -0.267 e. The van der Waals surface area contributed by atoms with Gasteiger partial charge in [-0.3, -0.25) is 4.68 Å². The second kappa shape index (κ2) is 7.96. The Kier molecular flexibility index (Phi) is 5.06. The minimum atomic E-state index is -0.269. The Balaban J connectivity index is 1.78. The molecule has 138 valence electrons. The summed E-state index contributed by atoms with van der Waals surface area (Å²) in [6, 6.07) is 18.6. The van der Waals surface area contributed by atoms with Crippen LogP contribution in [-0.2, 0) is 13.5 Å². The van der Waals surface area contributed by atoms with Crippen molar-refractivity contribution in [2.75, 3.05) is 0 Å². The van der Waals surface area contributed by atoms with E-state index < -0.39 is 0 Å². The van der Waals surface area contributed by atoms with Crippen LogP contribution >= 0.6 is 0 Å². The number of nitrogens with zero attached hydrogens (tertiary/aromatic N) is 4. The van der Waals surface area contributed by atoms with Crippen LogP contribution in [0.15, 0.2) is 79.1 Å². The lowest BCUT2D eigenvalue weighted by molar-refractivity contribution is 0.628. The lowest BCUT2D eigenvalue weighted by atomic mass is 10.00. The largest absolute Gasteiger partial charge is 0.267 e. The summed E-state index contributed by atoms with van der Waals surface area (Å²) in [5.74, 6) is -0.269. The summed E-state index contributed by atoms with van der Waals surface area (Å²) in [6.45, 7) is 0. The molecule has 4 aromatic rings. The van der Waals surface area contributed by atoms with Gasteiger partial charge in [0.15, 0.2) is 0 Å². The molecule has 0 aliphatic rings. The van der Waals surface area contributed by atoms with Gasteiger partial charge in [-0.1, -0.05) is 36.4 Å². The molecule has 0 aliphatic heterocycles. The molecule has 0 aliphatic carbocycles. The predicted molar refractivity (Wildman–Crippen MR) is 109 cm³/mol. The van der Waals surface area contributed by atoms with Crippen LogP contribution in [0.4, 0.5) is 4.39 Å². The smallest absolute Gasteiger partial charge is 0.123 e. The number of hydrogen-bond donors (Lipinski definition) is 0. The summed E-state index contributed by atoms with van der Waals surface area (Å²) in [5, 5.41) is 12.6. The van der Waals surface area contributed by atoms with E-state index in [-0.39, 0.29) is 5.82 Å². The molecule has 0 spiro atoms. The molecule has 0 atom stereocenters. The number of halogens is 1. The van der Waals surface area contributed by atoms with Gasteiger partial charge in [0, 0.05) is 23.7 Å². The maximum absolute atomic E-state index is 13.4. The van der Waals surface area contributed by atoms with Gasteiger partial charge in [-0.2, -0.15) is 15.3 Å². The van der Waals surface area contributed by atoms with Crippen LogP contribution in [0.25, 0.3) is 28.5 Å². The molecule has 0 radical (unpaired) electrons. The zero-order valence-corrected chi connectivity index (χ0v) is 15.5. The Morgan fingerprint density at radius 1 is 0.929 bits per heavy atom. The normalized spacial score (nSPS) is 11.2. The van der Waals surface area contributed by atoms with E-state index in [0.717, 1.165) is 34.5 Å². The molecule has 4 nitrogen and oxygen atoms in total. The SMILES string of the molecule is Cn1nc(-c2ccc(F)cc2)c(-c2ccnnc2)c1C=CCc1ccccc1. The first-order chi connectivity index (χ1) is 13.7. The van der Waals surface area contributed by atoms with Gasteiger partial charge in [0.2, 0.25) is 0 Å². The molecule has 0 bridgehead atoms. The van der Waals surface area contributed by atoms with E-state index in [9.17, 15) is 4.39 Å². The fraction of sp³-hybridized carbons (Fsp3) is 0.0870. The lowest BCUT2D eigenvalue weighted by Gasteiger charge is -2.05. The summed E-state index contributed by atoms with van der Waals surface area (Å²) in [5.41, 5.74) is 5.71. The lowest BCUT2D eigenvalue weighted by Crippen LogP contribution is -1.94. The Labute approximate surface area is 163 Å². The van der Waals surface area contributed by atoms with Crippen LogP contribution in [0.3, 0.4) is 0 Å². The van der Waals surface area contributed by atoms with E-state index in [1.165, 1.54) is 17.7 Å². The Morgan fingerprint density at radius 2 is 1.71 bits per heavy atom. The molecule has 2 heterocycles. The van der Waals surface area contributed by atoms with Gasteiger partial charge < -0.3 is 0 Å². The highest BCUT2D eigenvalue weighted by atomic mass is 19.1. The number of aryl methyl sites for hydroxylation is 1. The molecule has 0 amide bonds. The first-order valence-corrected chi connectivity index (χ1v) is 9.03. The van der Waals surface area contributed by atoms with Crippen molar-refractivity contribution in [2.24, 2.45) is 7.05 Å². The third-order valence-corrected chi connectivity index (χ3v) is 4.55. The van der Waals surface area contributed by atoms with Crippen molar-refractivity contribution in [3.05, 3.63) is 96.2 Å². The number of allylic oxidation sites excluding steroid dienone is 1. The predicted octanol–water partition coefficient (Wildman–Crippen LogP) is 4.94. The summed E-state index contributed by atoms with van der Waals surface area (Å²) >= 11 is 0. The molecule has 2 aromatic carbocycles. The Hall–Kier alpha value is -3.60. The molecule has 4 rings (SSSR count). The van der Waals surface area contributed by atoms with Crippen molar-refractivity contribution in [1.82, 2.24) is 20.0 Å². The molecule has 2 aromatic heterocycles. The molecule has 0 saturated carbocycles. The van der Waals surface area contributed by atoms with Gasteiger partial charge in [0.05, 0.1) is 18.1 Å². The third kappa shape index (κ3) is 3.74. The number of benzene rings is 2. The van der Waals surface area contributed by atoms with Crippen LogP contribution in [0.5, 0.6) is 0 Å². The monoisotopic (exact) mass is 370 g/mol. The van der Waals surface area contributed by atoms with E-state index in [2.05, 4.69) is 34.5 Å². The molecular weight excluding hydrogens is 351 g/mol. The van der Waals surface area contributed by atoms with E-state index >= 15 is 0 Å². The van der Waals surface area contributed by atoms with Gasteiger partial charge in [-0.05, 0) is 48.4 Å². The first kappa shape index (κ1) is 17.8. The second-order valence-corrected chi connectivity index (χ2v) is 6.46. The molecule has 5 heteroatoms. The second-order valence-electron chi connectivity index (χ2n) is 6.46. The average molecular weight is 370 g/mol. The van der Waals surface area contributed by atoms with E-state index in [1.807, 2.05) is 36.0 Å². The van der Waals surface area contributed by atoms with Crippen molar-refractivity contribution < 1.29 is 4.39 Å². The zero-order valence-electron chi connectivity index (χ0n) is 15.5. The summed E-state index contributed by atoms with van der Waals surface area (Å²) < 4.78 is 15.2. The van der Waals surface area contributed by atoms with Gasteiger partial charge in [-0.25, -0.2) is 4.39 Å². The molecule has 0 N–H and O–H groups in total. The fourth-order valence-electron chi connectivity index (χ4n) is 3.18. The fourth-order valence-corrected chi connectivity index (χ4v) is 3.18. The Bertz CT molecular complexity index is 1080. The van der Waals surface area contributed by atoms with E-state index in [1.54, 1.807) is 24.5 Å². The standard InChI is InChI=1S/C23H19FN4/c1-28-21(9-5-8-17-6-3-2-4-7-17)22(19-14-15-25-26-16-19)23(27-28)18-10-12-20(24)13-11-18/h2-7,9-16H,8H2,1H3. The molecule has 28 heavy (non-hydrogen) atoms. The van der Waals surface area contributed by atoms with Crippen molar-refractivity contribution >= 4 is 6.08 Å². The van der Waals surface area contributed by atoms with Crippen molar-refractivity contribution in [2.45, 2.75) is 6.42 Å². The number of aromatic nitrogens is 4. The summed E-state index contributed by atoms with van der Waals surface area (Å²) in [7, 11) is 1.91. The van der Waals surface area contributed by atoms with Crippen LogP contribution in [0, 0.1) is 5.82 Å². The van der Waals surface area contributed by atoms with Gasteiger partial charge in [0.1, 0.15) is 11.5 Å². The summed E-state index contributed by atoms with van der Waals surface area (Å²) in [6.07, 6.45) is 8.40. The van der Waals surface area contributed by atoms with E-state index in [4.69, 9.17) is 5.10 Å². The van der Waals surface area contributed by atoms with Gasteiger partial charge in [0.25, 0.3) is 0 Å². The highest BCUT2D eigenvalue weighted by Crippen LogP contribution is 2.34. The minimum absolute atomic E-state index is 0.269. The topological polar surface area (TPSA) is 43.6 Å². The molecule has 0 saturated heterocycles. The van der Waals surface area contributed by atoms with Gasteiger partial charge in [-0.15, -0.1) is 0 Å². The van der Waals surface area contributed by atoms with Gasteiger partial charge >= 0.3 is 0 Å². The van der Waals surface area contributed by atoms with Crippen LogP contribution < -0.4 is 0 Å². The average Bonchev–Trinajstić information content (AvgIpc) is 3.06. The molecule has 0 unspecified atom stereocenters. The Morgan fingerprint density at radius 3 is 2.43 bits per heavy atom. The maximum Gasteiger partial charge on any atom is 0.123 e. The first-order valence-electron chi connectivity index (χ1n) is 9.03. The molecule has 0 fully saturated rings.